The summed E-state index contributed by atoms with van der Waals surface area (Å²) in [6, 6.07) is 4.27. The molecular formula is C12H12FNO2S. The molecule has 0 atom stereocenters. The minimum absolute atomic E-state index is 0.210. The highest BCUT2D eigenvalue weighted by Gasteiger charge is 2.10. The molecule has 5 heteroatoms. The molecule has 17 heavy (non-hydrogen) atoms. The van der Waals surface area contributed by atoms with Crippen molar-refractivity contribution >= 4 is 11.8 Å². The minimum atomic E-state index is -0.363. The molecule has 1 heterocycles. The first-order valence-corrected chi connectivity index (χ1v) is 5.93. The third-order valence-corrected chi connectivity index (χ3v) is 3.37. The normalized spacial score (nSPS) is 10.8. The van der Waals surface area contributed by atoms with Gasteiger partial charge in [0.15, 0.2) is 0 Å². The van der Waals surface area contributed by atoms with E-state index in [9.17, 15) is 4.39 Å². The largest absolute Gasteiger partial charge is 0.436 e. The third kappa shape index (κ3) is 2.68. The lowest BCUT2D eigenvalue weighted by atomic mass is 10.2. The SMILES string of the molecule is Cc1nc(Sc2ccc(F)cc2CO)oc1C. The number of aromatic nitrogens is 1. The fourth-order valence-corrected chi connectivity index (χ4v) is 2.28. The Kier molecular flexibility index (Phi) is 3.49. The molecule has 0 spiro atoms. The van der Waals surface area contributed by atoms with Gasteiger partial charge in [0.2, 0.25) is 0 Å². The topological polar surface area (TPSA) is 46.3 Å². The summed E-state index contributed by atoms with van der Waals surface area (Å²) in [5.41, 5.74) is 1.36. The van der Waals surface area contributed by atoms with Crippen molar-refractivity contribution in [2.75, 3.05) is 0 Å². The van der Waals surface area contributed by atoms with Crippen LogP contribution in [0.1, 0.15) is 17.0 Å². The highest BCUT2D eigenvalue weighted by Crippen LogP contribution is 2.31. The summed E-state index contributed by atoms with van der Waals surface area (Å²) in [6.45, 7) is 3.49. The van der Waals surface area contributed by atoms with E-state index in [1.54, 1.807) is 6.07 Å². The van der Waals surface area contributed by atoms with Crippen molar-refractivity contribution in [3.8, 4) is 0 Å². The molecule has 0 saturated heterocycles. The molecule has 1 N–H and O–H groups in total. The number of oxazole rings is 1. The molecule has 0 aliphatic heterocycles. The molecule has 0 aliphatic rings. The summed E-state index contributed by atoms with van der Waals surface area (Å²) in [5, 5.41) is 9.65. The van der Waals surface area contributed by atoms with Gasteiger partial charge in [-0.2, -0.15) is 0 Å². The second-order valence-corrected chi connectivity index (χ2v) is 4.63. The van der Waals surface area contributed by atoms with Crippen molar-refractivity contribution in [1.82, 2.24) is 4.98 Å². The van der Waals surface area contributed by atoms with Crippen LogP contribution in [0, 0.1) is 19.7 Å². The number of hydrogen-bond donors (Lipinski definition) is 1. The van der Waals surface area contributed by atoms with Crippen molar-refractivity contribution < 1.29 is 13.9 Å². The van der Waals surface area contributed by atoms with Crippen molar-refractivity contribution in [2.45, 2.75) is 30.6 Å². The van der Waals surface area contributed by atoms with E-state index in [1.165, 1.54) is 23.9 Å². The third-order valence-electron chi connectivity index (χ3n) is 2.40. The second-order valence-electron chi connectivity index (χ2n) is 3.63. The standard InChI is InChI=1S/C12H12FNO2S/c1-7-8(2)16-12(14-7)17-11-4-3-10(13)5-9(11)6-15/h3-5,15H,6H2,1-2H3. The van der Waals surface area contributed by atoms with Gasteiger partial charge in [0.25, 0.3) is 5.22 Å². The number of benzene rings is 1. The van der Waals surface area contributed by atoms with Crippen LogP contribution in [-0.4, -0.2) is 10.1 Å². The lowest BCUT2D eigenvalue weighted by Crippen LogP contribution is -1.89. The van der Waals surface area contributed by atoms with Gasteiger partial charge in [0, 0.05) is 4.90 Å². The summed E-state index contributed by atoms with van der Waals surface area (Å²) < 4.78 is 18.4. The molecule has 1 aromatic heterocycles. The van der Waals surface area contributed by atoms with Gasteiger partial charge in [0.1, 0.15) is 11.6 Å². The van der Waals surface area contributed by atoms with Gasteiger partial charge < -0.3 is 9.52 Å². The van der Waals surface area contributed by atoms with Crippen LogP contribution in [0.2, 0.25) is 0 Å². The zero-order valence-corrected chi connectivity index (χ0v) is 10.3. The summed E-state index contributed by atoms with van der Waals surface area (Å²) >= 11 is 1.28. The van der Waals surface area contributed by atoms with E-state index in [2.05, 4.69) is 4.98 Å². The van der Waals surface area contributed by atoms with Gasteiger partial charge in [-0.25, -0.2) is 9.37 Å². The van der Waals surface area contributed by atoms with Crippen LogP contribution in [-0.2, 0) is 6.61 Å². The molecule has 0 aliphatic carbocycles. The number of aryl methyl sites for hydroxylation is 2. The van der Waals surface area contributed by atoms with Crippen LogP contribution in [0.25, 0.3) is 0 Å². The van der Waals surface area contributed by atoms with Crippen LogP contribution < -0.4 is 0 Å². The molecule has 0 fully saturated rings. The molecule has 0 unspecified atom stereocenters. The molecule has 2 aromatic rings. The molecule has 2 rings (SSSR count). The Labute approximate surface area is 103 Å². The highest BCUT2D eigenvalue weighted by atomic mass is 32.2. The monoisotopic (exact) mass is 253 g/mol. The first kappa shape index (κ1) is 12.1. The van der Waals surface area contributed by atoms with Gasteiger partial charge in [-0.1, -0.05) is 0 Å². The number of nitrogens with zero attached hydrogens (tertiary/aromatic N) is 1. The Morgan fingerprint density at radius 1 is 1.41 bits per heavy atom. The summed E-state index contributed by atoms with van der Waals surface area (Å²) in [5.74, 6) is 0.401. The first-order valence-electron chi connectivity index (χ1n) is 5.11. The van der Waals surface area contributed by atoms with Crippen LogP contribution in [0.3, 0.4) is 0 Å². The van der Waals surface area contributed by atoms with Crippen molar-refractivity contribution in [1.29, 1.82) is 0 Å². The molecular weight excluding hydrogens is 241 g/mol. The van der Waals surface area contributed by atoms with Crippen LogP contribution in [0.4, 0.5) is 4.39 Å². The Balaban J connectivity index is 2.29. The molecule has 0 amide bonds. The predicted molar refractivity (Wildman–Crippen MR) is 62.4 cm³/mol. The summed E-state index contributed by atoms with van der Waals surface area (Å²) in [6.07, 6.45) is 0. The van der Waals surface area contributed by atoms with Gasteiger partial charge in [-0.05, 0) is 49.4 Å². The zero-order chi connectivity index (χ0) is 12.4. The van der Waals surface area contributed by atoms with E-state index in [-0.39, 0.29) is 12.4 Å². The van der Waals surface area contributed by atoms with E-state index < -0.39 is 0 Å². The fourth-order valence-electron chi connectivity index (χ4n) is 1.35. The van der Waals surface area contributed by atoms with Crippen LogP contribution in [0.5, 0.6) is 0 Å². The molecule has 1 aromatic carbocycles. The zero-order valence-electron chi connectivity index (χ0n) is 9.53. The minimum Gasteiger partial charge on any atom is -0.436 e. The number of rotatable bonds is 3. The van der Waals surface area contributed by atoms with Gasteiger partial charge in [-0.3, -0.25) is 0 Å². The molecule has 0 bridgehead atoms. The van der Waals surface area contributed by atoms with Crippen LogP contribution >= 0.6 is 11.8 Å². The van der Waals surface area contributed by atoms with E-state index in [0.717, 1.165) is 16.3 Å². The molecule has 0 saturated carbocycles. The van der Waals surface area contributed by atoms with E-state index in [0.29, 0.717) is 10.8 Å². The number of aliphatic hydroxyl groups is 1. The number of hydrogen-bond acceptors (Lipinski definition) is 4. The Bertz CT molecular complexity index is 520. The van der Waals surface area contributed by atoms with Gasteiger partial charge in [-0.15, -0.1) is 0 Å². The fraction of sp³-hybridized carbons (Fsp3) is 0.250. The van der Waals surface area contributed by atoms with Crippen molar-refractivity contribution in [3.63, 3.8) is 0 Å². The van der Waals surface area contributed by atoms with Gasteiger partial charge in [0.05, 0.1) is 12.3 Å². The maximum Gasteiger partial charge on any atom is 0.261 e. The lowest BCUT2D eigenvalue weighted by molar-refractivity contribution is 0.278. The number of aliphatic hydroxyl groups excluding tert-OH is 1. The Morgan fingerprint density at radius 2 is 2.18 bits per heavy atom. The highest BCUT2D eigenvalue weighted by molar-refractivity contribution is 7.99. The first-order chi connectivity index (χ1) is 8.10. The lowest BCUT2D eigenvalue weighted by Gasteiger charge is -2.04. The Hall–Kier alpha value is -1.33. The van der Waals surface area contributed by atoms with Gasteiger partial charge >= 0.3 is 0 Å². The average Bonchev–Trinajstić information content (AvgIpc) is 2.60. The van der Waals surface area contributed by atoms with E-state index in [1.807, 2.05) is 13.8 Å². The van der Waals surface area contributed by atoms with Crippen molar-refractivity contribution in [3.05, 3.63) is 41.0 Å². The maximum atomic E-state index is 13.0. The second kappa shape index (κ2) is 4.89. The predicted octanol–water partition coefficient (Wildman–Crippen LogP) is 3.07. The molecule has 3 nitrogen and oxygen atoms in total. The molecule has 0 radical (unpaired) electrons. The van der Waals surface area contributed by atoms with Crippen LogP contribution in [0.15, 0.2) is 32.7 Å². The van der Waals surface area contributed by atoms with Crippen molar-refractivity contribution in [2.24, 2.45) is 0 Å². The summed E-state index contributed by atoms with van der Waals surface area (Å²) in [7, 11) is 0. The van der Waals surface area contributed by atoms with E-state index >= 15 is 0 Å². The maximum absolute atomic E-state index is 13.0. The smallest absolute Gasteiger partial charge is 0.261 e. The molecule has 90 valence electrons. The van der Waals surface area contributed by atoms with E-state index in [4.69, 9.17) is 9.52 Å². The summed E-state index contributed by atoms with van der Waals surface area (Å²) in [4.78, 5) is 4.97. The number of halogens is 1. The Morgan fingerprint density at radius 3 is 2.76 bits per heavy atom. The average molecular weight is 253 g/mol. The quantitative estimate of drug-likeness (QED) is 0.913.